The molecule has 0 saturated heterocycles. The molecule has 0 spiro atoms. The maximum Gasteiger partial charge on any atom is 0.317 e. The van der Waals surface area contributed by atoms with E-state index in [2.05, 4.69) is 29.2 Å². The summed E-state index contributed by atoms with van der Waals surface area (Å²) in [6, 6.07) is 16.6. The van der Waals surface area contributed by atoms with Crippen molar-refractivity contribution in [3.05, 3.63) is 82.9 Å². The maximum atomic E-state index is 14.8. The van der Waals surface area contributed by atoms with E-state index in [0.29, 0.717) is 5.56 Å². The molecule has 1 heterocycles. The van der Waals surface area contributed by atoms with Gasteiger partial charge in [-0.05, 0) is 61.3 Å². The van der Waals surface area contributed by atoms with Gasteiger partial charge in [-0.3, -0.25) is 9.69 Å². The summed E-state index contributed by atoms with van der Waals surface area (Å²) in [5.41, 5.74) is 4.96. The third-order valence-electron chi connectivity index (χ3n) is 5.58. The van der Waals surface area contributed by atoms with E-state index >= 15 is 0 Å². The normalized spacial score (nSPS) is 11.2. The summed E-state index contributed by atoms with van der Waals surface area (Å²) < 4.78 is 34.8. The maximum absolute atomic E-state index is 14.8. The van der Waals surface area contributed by atoms with Crippen LogP contribution in [0.2, 0.25) is 0 Å². The summed E-state index contributed by atoms with van der Waals surface area (Å²) in [6.45, 7) is 3.69. The predicted molar refractivity (Wildman–Crippen MR) is 124 cm³/mol. The van der Waals surface area contributed by atoms with Gasteiger partial charge >= 0.3 is 5.97 Å². The number of halogens is 2. The van der Waals surface area contributed by atoms with Crippen LogP contribution in [0.4, 0.5) is 8.78 Å². The Balaban J connectivity index is 1.60. The molecule has 1 N–H and O–H groups in total. The highest BCUT2D eigenvalue weighted by Gasteiger charge is 2.21. The molecule has 0 amide bonds. The average Bonchev–Trinajstić information content (AvgIpc) is 3.27. The van der Waals surface area contributed by atoms with E-state index in [9.17, 15) is 13.6 Å². The zero-order chi connectivity index (χ0) is 24.4. The van der Waals surface area contributed by atoms with Gasteiger partial charge in [0.25, 0.3) is 5.89 Å². The Bertz CT molecular complexity index is 1370. The number of benzene rings is 3. The number of aryl methyl sites for hydroxylation is 2. The number of likely N-dealkylation sites (N-methyl/N-ethyl adjacent to an activating group) is 1. The van der Waals surface area contributed by atoms with Crippen LogP contribution in [0.15, 0.2) is 59.1 Å². The Labute approximate surface area is 195 Å². The summed E-state index contributed by atoms with van der Waals surface area (Å²) in [7, 11) is 1.51. The molecule has 1 aromatic heterocycles. The van der Waals surface area contributed by atoms with Gasteiger partial charge in [-0.15, -0.1) is 0 Å². The van der Waals surface area contributed by atoms with Crippen LogP contribution in [0.1, 0.15) is 16.7 Å². The number of nitrogens with zero attached hydrogens (tertiary/aromatic N) is 3. The summed E-state index contributed by atoms with van der Waals surface area (Å²) in [6.07, 6.45) is 0. The van der Waals surface area contributed by atoms with Crippen molar-refractivity contribution in [2.75, 3.05) is 13.6 Å². The van der Waals surface area contributed by atoms with Crippen molar-refractivity contribution < 1.29 is 23.2 Å². The van der Waals surface area contributed by atoms with Crippen LogP contribution < -0.4 is 0 Å². The van der Waals surface area contributed by atoms with E-state index in [0.717, 1.165) is 22.3 Å². The molecule has 0 atom stereocenters. The molecule has 34 heavy (non-hydrogen) atoms. The minimum Gasteiger partial charge on any atom is -0.480 e. The van der Waals surface area contributed by atoms with Crippen molar-refractivity contribution in [3.8, 4) is 34.0 Å². The van der Waals surface area contributed by atoms with Gasteiger partial charge in [0.15, 0.2) is 11.6 Å². The molecule has 4 rings (SSSR count). The van der Waals surface area contributed by atoms with Gasteiger partial charge in [0, 0.05) is 17.7 Å². The predicted octanol–water partition coefficient (Wildman–Crippen LogP) is 5.48. The number of hydrogen-bond donors (Lipinski definition) is 1. The highest BCUT2D eigenvalue weighted by Crippen LogP contribution is 2.31. The molecule has 0 fully saturated rings. The second-order valence-electron chi connectivity index (χ2n) is 8.23. The highest BCUT2D eigenvalue weighted by molar-refractivity contribution is 5.73. The number of rotatable bonds is 7. The van der Waals surface area contributed by atoms with Gasteiger partial charge < -0.3 is 9.63 Å². The van der Waals surface area contributed by atoms with E-state index in [1.165, 1.54) is 24.1 Å². The Morgan fingerprint density at radius 3 is 2.38 bits per heavy atom. The zero-order valence-electron chi connectivity index (χ0n) is 19.0. The van der Waals surface area contributed by atoms with Crippen molar-refractivity contribution >= 4 is 5.97 Å². The zero-order valence-corrected chi connectivity index (χ0v) is 19.0. The summed E-state index contributed by atoms with van der Waals surface area (Å²) in [5.74, 6) is -3.11. The first-order valence-electron chi connectivity index (χ1n) is 10.6. The van der Waals surface area contributed by atoms with Gasteiger partial charge in [-0.2, -0.15) is 4.98 Å². The molecule has 0 saturated carbocycles. The lowest BCUT2D eigenvalue weighted by molar-refractivity contribution is -0.138. The van der Waals surface area contributed by atoms with Crippen LogP contribution >= 0.6 is 0 Å². The van der Waals surface area contributed by atoms with E-state index in [-0.39, 0.29) is 35.9 Å². The smallest absolute Gasteiger partial charge is 0.317 e. The number of carboxylic acids is 1. The molecule has 8 heteroatoms. The molecule has 6 nitrogen and oxygen atoms in total. The fourth-order valence-electron chi connectivity index (χ4n) is 3.89. The van der Waals surface area contributed by atoms with Gasteiger partial charge in [0.2, 0.25) is 5.82 Å². The third kappa shape index (κ3) is 4.72. The first-order chi connectivity index (χ1) is 16.2. The van der Waals surface area contributed by atoms with Crippen LogP contribution in [0.25, 0.3) is 34.0 Å². The number of carbonyl (C=O) groups is 1. The van der Waals surface area contributed by atoms with E-state index in [1.807, 2.05) is 37.3 Å². The van der Waals surface area contributed by atoms with E-state index in [1.54, 1.807) is 0 Å². The van der Waals surface area contributed by atoms with Crippen molar-refractivity contribution in [2.24, 2.45) is 0 Å². The van der Waals surface area contributed by atoms with Gasteiger partial charge in [0.1, 0.15) is 0 Å². The Hall–Kier alpha value is -3.91. The molecule has 4 aromatic rings. The summed E-state index contributed by atoms with van der Waals surface area (Å²) >= 11 is 0. The fourth-order valence-corrected chi connectivity index (χ4v) is 3.89. The number of carboxylic acid groups (broad SMARTS) is 1. The van der Waals surface area contributed by atoms with Crippen LogP contribution in [0, 0.1) is 25.5 Å². The molecule has 0 unspecified atom stereocenters. The molecular weight excluding hydrogens is 440 g/mol. The lowest BCUT2D eigenvalue weighted by Gasteiger charge is -2.15. The first-order valence-corrected chi connectivity index (χ1v) is 10.6. The van der Waals surface area contributed by atoms with Gasteiger partial charge in [0.05, 0.1) is 12.1 Å². The molecule has 0 aliphatic carbocycles. The Kier molecular flexibility index (Phi) is 6.51. The highest BCUT2D eigenvalue weighted by atomic mass is 19.2. The molecular formula is C26H23F2N3O3. The second kappa shape index (κ2) is 9.52. The Morgan fingerprint density at radius 2 is 1.68 bits per heavy atom. The minimum absolute atomic E-state index is 0.0381. The average molecular weight is 463 g/mol. The fraction of sp³-hybridized carbons (Fsp3) is 0.192. The second-order valence-corrected chi connectivity index (χ2v) is 8.23. The number of hydrogen-bond acceptors (Lipinski definition) is 5. The van der Waals surface area contributed by atoms with Crippen LogP contribution in [0.3, 0.4) is 0 Å². The summed E-state index contributed by atoms with van der Waals surface area (Å²) in [4.78, 5) is 16.4. The first kappa shape index (κ1) is 23.3. The molecule has 0 radical (unpaired) electrons. The molecule has 0 aliphatic rings. The van der Waals surface area contributed by atoms with Gasteiger partial charge in [-0.25, -0.2) is 8.78 Å². The van der Waals surface area contributed by atoms with Crippen LogP contribution in [-0.2, 0) is 11.3 Å². The van der Waals surface area contributed by atoms with E-state index < -0.39 is 17.6 Å². The molecule has 0 aliphatic heterocycles. The standard InChI is InChI=1S/C26H23F2N3O3/c1-15-6-4-5-7-19(15)20-10-8-17(12-16(20)2)26-29-25(30-34-26)21-11-9-18(23(27)24(21)28)13-31(3)14-22(32)33/h4-12H,13-14H2,1-3H3,(H,32,33). The minimum atomic E-state index is -1.11. The van der Waals surface area contributed by atoms with Crippen molar-refractivity contribution in [1.29, 1.82) is 0 Å². The topological polar surface area (TPSA) is 79.5 Å². The van der Waals surface area contributed by atoms with Crippen molar-refractivity contribution in [2.45, 2.75) is 20.4 Å². The molecule has 174 valence electrons. The summed E-state index contributed by atoms with van der Waals surface area (Å²) in [5, 5.41) is 12.7. The monoisotopic (exact) mass is 463 g/mol. The van der Waals surface area contributed by atoms with Crippen LogP contribution in [-0.4, -0.2) is 39.7 Å². The quantitative estimate of drug-likeness (QED) is 0.391. The van der Waals surface area contributed by atoms with Gasteiger partial charge in [-0.1, -0.05) is 41.6 Å². The van der Waals surface area contributed by atoms with E-state index in [4.69, 9.17) is 9.63 Å². The number of aromatic nitrogens is 2. The van der Waals surface area contributed by atoms with Crippen molar-refractivity contribution in [3.63, 3.8) is 0 Å². The largest absolute Gasteiger partial charge is 0.480 e. The SMILES string of the molecule is Cc1ccccc1-c1ccc(-c2nc(-c3ccc(CN(C)CC(=O)O)c(F)c3F)no2)cc1C. The third-order valence-corrected chi connectivity index (χ3v) is 5.58. The lowest BCUT2D eigenvalue weighted by Crippen LogP contribution is -2.25. The van der Waals surface area contributed by atoms with Crippen molar-refractivity contribution in [1.82, 2.24) is 15.0 Å². The lowest BCUT2D eigenvalue weighted by atomic mass is 9.95. The molecule has 3 aromatic carbocycles. The van der Waals surface area contributed by atoms with Crippen LogP contribution in [0.5, 0.6) is 0 Å². The Morgan fingerprint density at radius 1 is 0.971 bits per heavy atom. The molecule has 0 bridgehead atoms. The number of aliphatic carboxylic acids is 1.